The molecule has 19 heavy (non-hydrogen) atoms. The summed E-state index contributed by atoms with van der Waals surface area (Å²) in [5.41, 5.74) is 6.67. The molecule has 5 nitrogen and oxygen atoms in total. The highest BCUT2D eigenvalue weighted by Gasteiger charge is 2.41. The summed E-state index contributed by atoms with van der Waals surface area (Å²) in [5.74, 6) is -1.12. The highest BCUT2D eigenvalue weighted by Crippen LogP contribution is 2.48. The van der Waals surface area contributed by atoms with Gasteiger partial charge >= 0.3 is 0 Å². The fraction of sp³-hybridized carbons (Fsp3) is 0.429. The van der Waals surface area contributed by atoms with Crippen LogP contribution in [0.25, 0.3) is 0 Å². The second-order valence-corrected chi connectivity index (χ2v) is 5.22. The fourth-order valence-electron chi connectivity index (χ4n) is 2.11. The fourth-order valence-corrected chi connectivity index (χ4v) is 2.11. The predicted molar refractivity (Wildman–Crippen MR) is 70.6 cm³/mol. The molecule has 0 heterocycles. The number of nitrogens with one attached hydrogen (secondary N) is 1. The van der Waals surface area contributed by atoms with Gasteiger partial charge in [-0.05, 0) is 29.9 Å². The Morgan fingerprint density at radius 3 is 2.58 bits per heavy atom. The van der Waals surface area contributed by atoms with Gasteiger partial charge in [-0.2, -0.15) is 0 Å². The third kappa shape index (κ3) is 2.76. The molecule has 0 aromatic heterocycles. The first kappa shape index (κ1) is 13.5. The van der Waals surface area contributed by atoms with E-state index in [0.29, 0.717) is 5.56 Å². The Morgan fingerprint density at radius 2 is 2.05 bits per heavy atom. The summed E-state index contributed by atoms with van der Waals surface area (Å²) in [4.78, 5) is 23.2. The van der Waals surface area contributed by atoms with E-state index in [9.17, 15) is 9.59 Å². The van der Waals surface area contributed by atoms with Gasteiger partial charge in [-0.25, -0.2) is 0 Å². The molecule has 1 aliphatic rings. The lowest BCUT2D eigenvalue weighted by molar-refractivity contribution is -0.120. The lowest BCUT2D eigenvalue weighted by Crippen LogP contribution is -2.47. The normalized spacial score (nSPS) is 17.6. The Bertz CT molecular complexity index is 509. The van der Waals surface area contributed by atoms with Crippen LogP contribution in [0.4, 0.5) is 0 Å². The molecule has 0 radical (unpaired) electrons. The van der Waals surface area contributed by atoms with Crippen LogP contribution in [-0.4, -0.2) is 29.6 Å². The Labute approximate surface area is 111 Å². The SMILES string of the molecule is CC1(c2ccccc2C(=O)N[C@@H](CO)C(N)=O)CC1. The smallest absolute Gasteiger partial charge is 0.252 e. The number of hydrogen-bond donors (Lipinski definition) is 3. The molecule has 1 aromatic rings. The van der Waals surface area contributed by atoms with Crippen LogP contribution in [0.15, 0.2) is 24.3 Å². The van der Waals surface area contributed by atoms with Crippen LogP contribution in [0.3, 0.4) is 0 Å². The van der Waals surface area contributed by atoms with Crippen molar-refractivity contribution in [3.05, 3.63) is 35.4 Å². The molecule has 1 saturated carbocycles. The lowest BCUT2D eigenvalue weighted by Gasteiger charge is -2.17. The zero-order valence-corrected chi connectivity index (χ0v) is 10.8. The number of rotatable bonds is 5. The summed E-state index contributed by atoms with van der Waals surface area (Å²) >= 11 is 0. The number of nitrogens with two attached hydrogens (primary N) is 1. The molecule has 2 rings (SSSR count). The van der Waals surface area contributed by atoms with Crippen LogP contribution in [0.5, 0.6) is 0 Å². The van der Waals surface area contributed by atoms with E-state index in [2.05, 4.69) is 12.2 Å². The minimum Gasteiger partial charge on any atom is -0.394 e. The summed E-state index contributed by atoms with van der Waals surface area (Å²) in [6, 6.07) is 6.28. The van der Waals surface area contributed by atoms with Crippen LogP contribution >= 0.6 is 0 Å². The Kier molecular flexibility index (Phi) is 3.57. The quantitative estimate of drug-likeness (QED) is 0.713. The average molecular weight is 262 g/mol. The van der Waals surface area contributed by atoms with Crippen LogP contribution < -0.4 is 11.1 Å². The second-order valence-electron chi connectivity index (χ2n) is 5.22. The molecule has 0 saturated heterocycles. The molecule has 1 fully saturated rings. The van der Waals surface area contributed by atoms with Crippen LogP contribution in [0, 0.1) is 0 Å². The summed E-state index contributed by atoms with van der Waals surface area (Å²) in [6.45, 7) is 1.61. The van der Waals surface area contributed by atoms with Gasteiger partial charge in [0.2, 0.25) is 5.91 Å². The van der Waals surface area contributed by atoms with Crippen LogP contribution in [0.1, 0.15) is 35.7 Å². The molecule has 0 aliphatic heterocycles. The number of hydrogen-bond acceptors (Lipinski definition) is 3. The van der Waals surface area contributed by atoms with Crippen molar-refractivity contribution in [2.24, 2.45) is 5.73 Å². The summed E-state index contributed by atoms with van der Waals surface area (Å²) in [6.07, 6.45) is 2.10. The molecule has 102 valence electrons. The van der Waals surface area contributed by atoms with Crippen molar-refractivity contribution >= 4 is 11.8 Å². The molecule has 0 bridgehead atoms. The summed E-state index contributed by atoms with van der Waals surface area (Å²) in [7, 11) is 0. The molecule has 1 atom stereocenters. The first-order chi connectivity index (χ1) is 8.98. The Morgan fingerprint density at radius 1 is 1.42 bits per heavy atom. The minimum atomic E-state index is -1.05. The van der Waals surface area contributed by atoms with Gasteiger partial charge < -0.3 is 16.2 Å². The molecule has 2 amide bonds. The van der Waals surface area contributed by atoms with Crippen molar-refractivity contribution in [1.29, 1.82) is 0 Å². The number of carbonyl (C=O) groups excluding carboxylic acids is 2. The van der Waals surface area contributed by atoms with Gasteiger partial charge in [0.15, 0.2) is 0 Å². The van der Waals surface area contributed by atoms with E-state index in [1.54, 1.807) is 12.1 Å². The van der Waals surface area contributed by atoms with Crippen molar-refractivity contribution in [1.82, 2.24) is 5.32 Å². The lowest BCUT2D eigenvalue weighted by atomic mass is 9.92. The molecule has 1 aliphatic carbocycles. The maximum atomic E-state index is 12.2. The van der Waals surface area contributed by atoms with Gasteiger partial charge in [0, 0.05) is 5.56 Å². The van der Waals surface area contributed by atoms with Crippen molar-refractivity contribution in [3.63, 3.8) is 0 Å². The minimum absolute atomic E-state index is 0.0510. The van der Waals surface area contributed by atoms with E-state index < -0.39 is 18.6 Å². The first-order valence-electron chi connectivity index (χ1n) is 6.28. The van der Waals surface area contributed by atoms with Gasteiger partial charge in [-0.15, -0.1) is 0 Å². The van der Waals surface area contributed by atoms with Crippen molar-refractivity contribution in [2.75, 3.05) is 6.61 Å². The Hall–Kier alpha value is -1.88. The Balaban J connectivity index is 2.22. The van der Waals surface area contributed by atoms with Crippen molar-refractivity contribution < 1.29 is 14.7 Å². The van der Waals surface area contributed by atoms with Gasteiger partial charge in [0.05, 0.1) is 6.61 Å². The standard InChI is InChI=1S/C14H18N2O3/c1-14(6-7-14)10-5-3-2-4-9(10)13(19)16-11(8-17)12(15)18/h2-5,11,17H,6-8H2,1H3,(H2,15,18)(H,16,19)/t11-/m0/s1. The maximum Gasteiger partial charge on any atom is 0.252 e. The molecule has 4 N–H and O–H groups in total. The highest BCUT2D eigenvalue weighted by molar-refractivity contribution is 5.98. The number of aliphatic hydroxyl groups excluding tert-OH is 1. The topological polar surface area (TPSA) is 92.4 Å². The van der Waals surface area contributed by atoms with Gasteiger partial charge in [0.1, 0.15) is 6.04 Å². The van der Waals surface area contributed by atoms with Gasteiger partial charge in [-0.1, -0.05) is 25.1 Å². The van der Waals surface area contributed by atoms with Crippen molar-refractivity contribution in [3.8, 4) is 0 Å². The largest absolute Gasteiger partial charge is 0.394 e. The number of benzene rings is 1. The second kappa shape index (κ2) is 5.01. The number of aliphatic hydroxyl groups is 1. The summed E-state index contributed by atoms with van der Waals surface area (Å²) in [5, 5.41) is 11.5. The third-order valence-electron chi connectivity index (χ3n) is 3.65. The van der Waals surface area contributed by atoms with Crippen LogP contribution in [-0.2, 0) is 10.2 Å². The molecule has 0 unspecified atom stereocenters. The monoisotopic (exact) mass is 262 g/mol. The maximum absolute atomic E-state index is 12.2. The van der Waals surface area contributed by atoms with E-state index in [-0.39, 0.29) is 11.3 Å². The van der Waals surface area contributed by atoms with Crippen LogP contribution in [0.2, 0.25) is 0 Å². The molecule has 5 heteroatoms. The zero-order chi connectivity index (χ0) is 14.0. The first-order valence-corrected chi connectivity index (χ1v) is 6.28. The molecular weight excluding hydrogens is 244 g/mol. The van der Waals surface area contributed by atoms with E-state index in [1.165, 1.54) is 0 Å². The van der Waals surface area contributed by atoms with E-state index in [4.69, 9.17) is 10.8 Å². The number of primary amides is 1. The van der Waals surface area contributed by atoms with E-state index in [0.717, 1.165) is 18.4 Å². The molecule has 0 spiro atoms. The van der Waals surface area contributed by atoms with Gasteiger partial charge in [-0.3, -0.25) is 9.59 Å². The van der Waals surface area contributed by atoms with E-state index >= 15 is 0 Å². The number of carbonyl (C=O) groups is 2. The zero-order valence-electron chi connectivity index (χ0n) is 10.8. The van der Waals surface area contributed by atoms with Crippen molar-refractivity contribution in [2.45, 2.75) is 31.2 Å². The average Bonchev–Trinajstić information content (AvgIpc) is 3.14. The molecule has 1 aromatic carbocycles. The highest BCUT2D eigenvalue weighted by atomic mass is 16.3. The molecular formula is C14H18N2O3. The predicted octanol–water partition coefficient (Wildman–Crippen LogP) is 0.314. The summed E-state index contributed by atoms with van der Waals surface area (Å²) < 4.78 is 0. The van der Waals surface area contributed by atoms with Gasteiger partial charge in [0.25, 0.3) is 5.91 Å². The third-order valence-corrected chi connectivity index (χ3v) is 3.65. The van der Waals surface area contributed by atoms with E-state index in [1.807, 2.05) is 12.1 Å². The number of amides is 2.